The van der Waals surface area contributed by atoms with Crippen LogP contribution in [0.4, 0.5) is 0 Å². The molecule has 1 amide bonds. The molecule has 0 spiro atoms. The molecule has 2 aromatic carbocycles. The van der Waals surface area contributed by atoms with Gasteiger partial charge in [-0.1, -0.05) is 48.5 Å². The Morgan fingerprint density at radius 1 is 1.08 bits per heavy atom. The van der Waals surface area contributed by atoms with E-state index in [-0.39, 0.29) is 11.9 Å². The van der Waals surface area contributed by atoms with Crippen LogP contribution >= 0.6 is 0 Å². The SMILES string of the molecule is CCN(C(=O)c1ccccc1)[C@@H]1C=C(NCc2ccccc2)CCC1. The zero-order valence-electron chi connectivity index (χ0n) is 14.8. The van der Waals surface area contributed by atoms with Crippen LogP contribution in [0.1, 0.15) is 42.1 Å². The maximum Gasteiger partial charge on any atom is 0.254 e. The third kappa shape index (κ3) is 4.50. The molecular formula is C22H26N2O. The molecule has 2 aromatic rings. The number of benzene rings is 2. The van der Waals surface area contributed by atoms with Gasteiger partial charge < -0.3 is 10.2 Å². The van der Waals surface area contributed by atoms with Crippen molar-refractivity contribution in [2.24, 2.45) is 0 Å². The molecule has 0 unspecified atom stereocenters. The molecule has 0 fully saturated rings. The largest absolute Gasteiger partial charge is 0.384 e. The number of nitrogens with zero attached hydrogens (tertiary/aromatic N) is 1. The minimum atomic E-state index is 0.119. The van der Waals surface area contributed by atoms with E-state index in [1.807, 2.05) is 41.3 Å². The molecule has 0 aromatic heterocycles. The monoisotopic (exact) mass is 334 g/mol. The third-order valence-electron chi connectivity index (χ3n) is 4.72. The number of amides is 1. The van der Waals surface area contributed by atoms with Crippen molar-refractivity contribution < 1.29 is 4.79 Å². The Hall–Kier alpha value is -2.55. The summed E-state index contributed by atoms with van der Waals surface area (Å²) < 4.78 is 0. The molecule has 1 N–H and O–H groups in total. The van der Waals surface area contributed by atoms with E-state index in [1.54, 1.807) is 0 Å². The fourth-order valence-electron chi connectivity index (χ4n) is 3.38. The van der Waals surface area contributed by atoms with E-state index in [2.05, 4.69) is 42.6 Å². The van der Waals surface area contributed by atoms with E-state index in [1.165, 1.54) is 11.3 Å². The van der Waals surface area contributed by atoms with Gasteiger partial charge in [-0.15, -0.1) is 0 Å². The lowest BCUT2D eigenvalue weighted by molar-refractivity contribution is 0.0711. The number of rotatable bonds is 6. The first-order chi connectivity index (χ1) is 12.3. The van der Waals surface area contributed by atoms with Crippen LogP contribution in [0.2, 0.25) is 0 Å². The predicted octanol–water partition coefficient (Wildman–Crippen LogP) is 4.37. The Morgan fingerprint density at radius 2 is 1.76 bits per heavy atom. The lowest BCUT2D eigenvalue weighted by Crippen LogP contribution is -2.41. The summed E-state index contributed by atoms with van der Waals surface area (Å²) in [7, 11) is 0. The topological polar surface area (TPSA) is 32.3 Å². The van der Waals surface area contributed by atoms with Crippen molar-refractivity contribution >= 4 is 5.91 Å². The average molecular weight is 334 g/mol. The fraction of sp³-hybridized carbons (Fsp3) is 0.318. The van der Waals surface area contributed by atoms with E-state index < -0.39 is 0 Å². The molecule has 3 heteroatoms. The van der Waals surface area contributed by atoms with Gasteiger partial charge in [0.1, 0.15) is 0 Å². The summed E-state index contributed by atoms with van der Waals surface area (Å²) in [5.74, 6) is 0.119. The van der Waals surface area contributed by atoms with Gasteiger partial charge in [0.15, 0.2) is 0 Å². The first kappa shape index (κ1) is 17.3. The summed E-state index contributed by atoms with van der Waals surface area (Å²) in [5.41, 5.74) is 3.29. The van der Waals surface area contributed by atoms with Crippen molar-refractivity contribution in [2.75, 3.05) is 6.54 Å². The van der Waals surface area contributed by atoms with Gasteiger partial charge in [0.25, 0.3) is 5.91 Å². The van der Waals surface area contributed by atoms with Crippen molar-refractivity contribution in [3.63, 3.8) is 0 Å². The van der Waals surface area contributed by atoms with Crippen LogP contribution in [0.5, 0.6) is 0 Å². The van der Waals surface area contributed by atoms with E-state index in [0.717, 1.165) is 37.9 Å². The van der Waals surface area contributed by atoms with Gasteiger partial charge in [0.05, 0.1) is 6.04 Å². The quantitative estimate of drug-likeness (QED) is 0.850. The molecule has 0 saturated carbocycles. The van der Waals surface area contributed by atoms with Gasteiger partial charge in [0, 0.05) is 24.4 Å². The smallest absolute Gasteiger partial charge is 0.254 e. The van der Waals surface area contributed by atoms with Crippen molar-refractivity contribution in [1.29, 1.82) is 0 Å². The van der Waals surface area contributed by atoms with E-state index in [9.17, 15) is 4.79 Å². The number of carbonyl (C=O) groups is 1. The summed E-state index contributed by atoms with van der Waals surface area (Å²) in [6.45, 7) is 3.61. The molecule has 1 aliphatic rings. The minimum Gasteiger partial charge on any atom is -0.384 e. The van der Waals surface area contributed by atoms with Crippen molar-refractivity contribution in [3.05, 3.63) is 83.6 Å². The lowest BCUT2D eigenvalue weighted by atomic mass is 9.97. The first-order valence-corrected chi connectivity index (χ1v) is 9.12. The molecule has 0 aliphatic heterocycles. The van der Waals surface area contributed by atoms with Crippen molar-refractivity contribution in [3.8, 4) is 0 Å². The molecule has 1 atom stereocenters. The van der Waals surface area contributed by atoms with Crippen LogP contribution in [-0.2, 0) is 6.54 Å². The molecule has 3 rings (SSSR count). The van der Waals surface area contributed by atoms with Crippen LogP contribution in [0.25, 0.3) is 0 Å². The van der Waals surface area contributed by atoms with Gasteiger partial charge in [0.2, 0.25) is 0 Å². The van der Waals surface area contributed by atoms with Crippen molar-refractivity contribution in [2.45, 2.75) is 38.8 Å². The zero-order valence-corrected chi connectivity index (χ0v) is 14.8. The number of likely N-dealkylation sites (N-methyl/N-ethyl adjacent to an activating group) is 1. The molecule has 0 bridgehead atoms. The van der Waals surface area contributed by atoms with Crippen LogP contribution in [-0.4, -0.2) is 23.4 Å². The Kier molecular flexibility index (Phi) is 5.89. The molecule has 3 nitrogen and oxygen atoms in total. The number of nitrogens with one attached hydrogen (secondary N) is 1. The Morgan fingerprint density at radius 3 is 2.44 bits per heavy atom. The maximum atomic E-state index is 12.8. The first-order valence-electron chi connectivity index (χ1n) is 9.12. The molecule has 1 aliphatic carbocycles. The third-order valence-corrected chi connectivity index (χ3v) is 4.72. The molecule has 0 radical (unpaired) electrons. The summed E-state index contributed by atoms with van der Waals surface area (Å²) in [5, 5.41) is 3.55. The molecule has 130 valence electrons. The lowest BCUT2D eigenvalue weighted by Gasteiger charge is -2.32. The van der Waals surface area contributed by atoms with E-state index in [0.29, 0.717) is 0 Å². The van der Waals surface area contributed by atoms with Crippen LogP contribution in [0.15, 0.2) is 72.4 Å². The molecule has 25 heavy (non-hydrogen) atoms. The Bertz CT molecular complexity index is 709. The average Bonchev–Trinajstić information content (AvgIpc) is 2.69. The normalized spacial score (nSPS) is 16.8. The van der Waals surface area contributed by atoms with Gasteiger partial charge in [-0.05, 0) is 50.0 Å². The highest BCUT2D eigenvalue weighted by atomic mass is 16.2. The number of hydrogen-bond donors (Lipinski definition) is 1. The highest BCUT2D eigenvalue weighted by Crippen LogP contribution is 2.22. The predicted molar refractivity (Wildman–Crippen MR) is 102 cm³/mol. The molecular weight excluding hydrogens is 308 g/mol. The van der Waals surface area contributed by atoms with E-state index in [4.69, 9.17) is 0 Å². The summed E-state index contributed by atoms with van der Waals surface area (Å²) in [6, 6.07) is 20.2. The van der Waals surface area contributed by atoms with Gasteiger partial charge in [-0.25, -0.2) is 0 Å². The molecule has 0 heterocycles. The summed E-state index contributed by atoms with van der Waals surface area (Å²) in [6.07, 6.45) is 5.44. The Labute approximate surface area is 150 Å². The van der Waals surface area contributed by atoms with Gasteiger partial charge >= 0.3 is 0 Å². The van der Waals surface area contributed by atoms with Gasteiger partial charge in [-0.2, -0.15) is 0 Å². The van der Waals surface area contributed by atoms with Gasteiger partial charge in [-0.3, -0.25) is 4.79 Å². The highest BCUT2D eigenvalue weighted by molar-refractivity contribution is 5.94. The standard InChI is InChI=1S/C22H26N2O/c1-2-24(22(25)19-12-7-4-8-13-19)21-15-9-14-20(16-21)23-17-18-10-5-3-6-11-18/h3-8,10-13,16,21,23H,2,9,14-15,17H2,1H3/t21-/m0/s1. The van der Waals surface area contributed by atoms with Crippen molar-refractivity contribution in [1.82, 2.24) is 10.2 Å². The number of allylic oxidation sites excluding steroid dienone is 1. The van der Waals surface area contributed by atoms with Crippen LogP contribution in [0, 0.1) is 0 Å². The van der Waals surface area contributed by atoms with Crippen LogP contribution in [0.3, 0.4) is 0 Å². The second-order valence-corrected chi connectivity index (χ2v) is 6.45. The van der Waals surface area contributed by atoms with Crippen LogP contribution < -0.4 is 5.32 Å². The fourth-order valence-corrected chi connectivity index (χ4v) is 3.38. The molecule has 0 saturated heterocycles. The zero-order chi connectivity index (χ0) is 17.5. The Balaban J connectivity index is 1.68. The van der Waals surface area contributed by atoms with E-state index >= 15 is 0 Å². The maximum absolute atomic E-state index is 12.8. The number of hydrogen-bond acceptors (Lipinski definition) is 2. The summed E-state index contributed by atoms with van der Waals surface area (Å²) in [4.78, 5) is 14.8. The second-order valence-electron chi connectivity index (χ2n) is 6.45. The number of carbonyl (C=O) groups excluding carboxylic acids is 1. The highest BCUT2D eigenvalue weighted by Gasteiger charge is 2.24. The second kappa shape index (κ2) is 8.52. The minimum absolute atomic E-state index is 0.119. The summed E-state index contributed by atoms with van der Waals surface area (Å²) >= 11 is 0.